The van der Waals surface area contributed by atoms with Crippen LogP contribution in [0.25, 0.3) is 0 Å². The van der Waals surface area contributed by atoms with Crippen LogP contribution >= 0.6 is 0 Å². The van der Waals surface area contributed by atoms with Crippen LogP contribution in [0.5, 0.6) is 5.75 Å². The van der Waals surface area contributed by atoms with Crippen LogP contribution in [0.4, 0.5) is 0 Å². The average molecular weight is 262 g/mol. The molecule has 0 saturated heterocycles. The van der Waals surface area contributed by atoms with Crippen molar-refractivity contribution in [3.63, 3.8) is 0 Å². The number of hydrogen-bond acceptors (Lipinski definition) is 5. The van der Waals surface area contributed by atoms with Crippen LogP contribution in [0.3, 0.4) is 0 Å². The van der Waals surface area contributed by atoms with Gasteiger partial charge in [-0.15, -0.1) is 0 Å². The van der Waals surface area contributed by atoms with Crippen molar-refractivity contribution in [2.75, 3.05) is 0 Å². The summed E-state index contributed by atoms with van der Waals surface area (Å²) in [4.78, 5) is 14.5. The van der Waals surface area contributed by atoms with Gasteiger partial charge in [0, 0.05) is 6.42 Å². The summed E-state index contributed by atoms with van der Waals surface area (Å²) in [5.74, 6) is 0.545. The van der Waals surface area contributed by atoms with Crippen LogP contribution in [-0.4, -0.2) is 21.2 Å². The molecule has 1 N–H and O–H groups in total. The number of aromatic nitrogens is 2. The molecule has 6 heteroatoms. The van der Waals surface area contributed by atoms with Crippen LogP contribution in [-0.2, 0) is 17.8 Å². The Morgan fingerprint density at radius 1 is 1.37 bits per heavy atom. The van der Waals surface area contributed by atoms with E-state index in [0.29, 0.717) is 11.7 Å². The molecule has 19 heavy (non-hydrogen) atoms. The van der Waals surface area contributed by atoms with Gasteiger partial charge in [0.1, 0.15) is 5.75 Å². The number of aryl methyl sites for hydroxylation is 2. The Bertz CT molecular complexity index is 548. The predicted octanol–water partition coefficient (Wildman–Crippen LogP) is 1.97. The van der Waals surface area contributed by atoms with Gasteiger partial charge in [-0.1, -0.05) is 22.9 Å². The van der Waals surface area contributed by atoms with E-state index in [1.807, 2.05) is 31.2 Å². The van der Waals surface area contributed by atoms with Gasteiger partial charge < -0.3 is 14.4 Å². The molecule has 0 aliphatic rings. The Morgan fingerprint density at radius 3 is 2.79 bits per heavy atom. The summed E-state index contributed by atoms with van der Waals surface area (Å²) in [6.07, 6.45) is 0.202. The SMILES string of the molecule is Cc1ccc(OCc2noc(CCC(=O)O)n2)cc1. The van der Waals surface area contributed by atoms with Crippen LogP contribution < -0.4 is 4.74 Å². The highest BCUT2D eigenvalue weighted by Gasteiger charge is 2.08. The summed E-state index contributed by atoms with van der Waals surface area (Å²) >= 11 is 0. The van der Waals surface area contributed by atoms with Crippen LogP contribution in [0.15, 0.2) is 28.8 Å². The molecular weight excluding hydrogens is 248 g/mol. The summed E-state index contributed by atoms with van der Waals surface area (Å²) in [5.41, 5.74) is 1.16. The fourth-order valence-corrected chi connectivity index (χ4v) is 1.45. The molecular formula is C13H14N2O4. The van der Waals surface area contributed by atoms with Gasteiger partial charge in [-0.05, 0) is 19.1 Å². The van der Waals surface area contributed by atoms with Gasteiger partial charge in [-0.25, -0.2) is 0 Å². The Balaban J connectivity index is 1.86. The molecule has 1 aromatic carbocycles. The van der Waals surface area contributed by atoms with Gasteiger partial charge >= 0.3 is 5.97 Å². The maximum Gasteiger partial charge on any atom is 0.303 e. The average Bonchev–Trinajstić information content (AvgIpc) is 2.84. The predicted molar refractivity (Wildman–Crippen MR) is 65.8 cm³/mol. The lowest BCUT2D eigenvalue weighted by Crippen LogP contribution is -1.99. The molecule has 0 atom stereocenters. The van der Waals surface area contributed by atoms with Crippen molar-refractivity contribution in [3.05, 3.63) is 41.5 Å². The molecule has 0 unspecified atom stereocenters. The van der Waals surface area contributed by atoms with Gasteiger partial charge in [0.25, 0.3) is 0 Å². The number of ether oxygens (including phenoxy) is 1. The number of carboxylic acids is 1. The molecule has 0 aliphatic carbocycles. The molecule has 0 aliphatic heterocycles. The zero-order chi connectivity index (χ0) is 13.7. The monoisotopic (exact) mass is 262 g/mol. The molecule has 100 valence electrons. The van der Waals surface area contributed by atoms with Crippen molar-refractivity contribution < 1.29 is 19.2 Å². The first-order valence-electron chi connectivity index (χ1n) is 5.86. The van der Waals surface area contributed by atoms with E-state index in [-0.39, 0.29) is 19.4 Å². The minimum Gasteiger partial charge on any atom is -0.485 e. The Kier molecular flexibility index (Phi) is 4.12. The molecule has 6 nitrogen and oxygen atoms in total. The van der Waals surface area contributed by atoms with E-state index in [2.05, 4.69) is 10.1 Å². The first kappa shape index (κ1) is 13.1. The third-order valence-electron chi connectivity index (χ3n) is 2.45. The van der Waals surface area contributed by atoms with Gasteiger partial charge in [0.05, 0.1) is 6.42 Å². The Morgan fingerprint density at radius 2 is 2.11 bits per heavy atom. The quantitative estimate of drug-likeness (QED) is 0.856. The second-order valence-electron chi connectivity index (χ2n) is 4.10. The van der Waals surface area contributed by atoms with Crippen LogP contribution in [0, 0.1) is 6.92 Å². The molecule has 0 amide bonds. The maximum absolute atomic E-state index is 10.4. The van der Waals surface area contributed by atoms with E-state index < -0.39 is 5.97 Å². The second-order valence-corrected chi connectivity index (χ2v) is 4.10. The summed E-state index contributed by atoms with van der Waals surface area (Å²) in [6.45, 7) is 2.19. The van der Waals surface area contributed by atoms with Crippen molar-refractivity contribution in [1.82, 2.24) is 10.1 Å². The van der Waals surface area contributed by atoms with E-state index in [1.54, 1.807) is 0 Å². The van der Waals surface area contributed by atoms with E-state index in [1.165, 1.54) is 0 Å². The zero-order valence-electron chi connectivity index (χ0n) is 10.5. The number of hydrogen-bond donors (Lipinski definition) is 1. The van der Waals surface area contributed by atoms with Gasteiger partial charge in [-0.2, -0.15) is 4.98 Å². The number of rotatable bonds is 6. The number of carboxylic acid groups (broad SMARTS) is 1. The lowest BCUT2D eigenvalue weighted by molar-refractivity contribution is -0.137. The van der Waals surface area contributed by atoms with Crippen molar-refractivity contribution in [2.24, 2.45) is 0 Å². The lowest BCUT2D eigenvalue weighted by Gasteiger charge is -2.02. The highest BCUT2D eigenvalue weighted by atomic mass is 16.5. The molecule has 2 aromatic rings. The second kappa shape index (κ2) is 5.99. The first-order chi connectivity index (χ1) is 9.13. The van der Waals surface area contributed by atoms with E-state index in [0.717, 1.165) is 11.3 Å². The van der Waals surface area contributed by atoms with Crippen molar-refractivity contribution in [3.8, 4) is 5.75 Å². The van der Waals surface area contributed by atoms with Crippen molar-refractivity contribution in [2.45, 2.75) is 26.4 Å². The lowest BCUT2D eigenvalue weighted by atomic mass is 10.2. The minimum atomic E-state index is -0.893. The van der Waals surface area contributed by atoms with Crippen molar-refractivity contribution >= 4 is 5.97 Å². The fraction of sp³-hybridized carbons (Fsp3) is 0.308. The maximum atomic E-state index is 10.4. The van der Waals surface area contributed by atoms with Crippen molar-refractivity contribution in [1.29, 1.82) is 0 Å². The summed E-state index contributed by atoms with van der Waals surface area (Å²) in [6, 6.07) is 7.62. The van der Waals surface area contributed by atoms with Gasteiger partial charge in [-0.3, -0.25) is 4.79 Å². The molecule has 0 spiro atoms. The standard InChI is InChI=1S/C13H14N2O4/c1-9-2-4-10(5-3-9)18-8-11-14-12(19-15-11)6-7-13(16)17/h2-5H,6-8H2,1H3,(H,16,17). The molecule has 1 heterocycles. The van der Waals surface area contributed by atoms with E-state index in [9.17, 15) is 4.79 Å². The number of benzene rings is 1. The smallest absolute Gasteiger partial charge is 0.303 e. The van der Waals surface area contributed by atoms with Crippen LogP contribution in [0.1, 0.15) is 23.7 Å². The number of nitrogens with zero attached hydrogens (tertiary/aromatic N) is 2. The van der Waals surface area contributed by atoms with Gasteiger partial charge in [0.2, 0.25) is 11.7 Å². The third-order valence-corrected chi connectivity index (χ3v) is 2.45. The third kappa shape index (κ3) is 4.09. The summed E-state index contributed by atoms with van der Waals surface area (Å²) in [5, 5.41) is 12.3. The normalized spacial score (nSPS) is 10.4. The minimum absolute atomic E-state index is 0.0273. The Labute approximate surface area is 110 Å². The zero-order valence-corrected chi connectivity index (χ0v) is 10.5. The number of carbonyl (C=O) groups is 1. The van der Waals surface area contributed by atoms with E-state index in [4.69, 9.17) is 14.4 Å². The first-order valence-corrected chi connectivity index (χ1v) is 5.86. The summed E-state index contributed by atoms with van der Waals surface area (Å²) < 4.78 is 10.4. The fourth-order valence-electron chi connectivity index (χ4n) is 1.45. The molecule has 1 aromatic heterocycles. The van der Waals surface area contributed by atoms with Crippen LogP contribution in [0.2, 0.25) is 0 Å². The Hall–Kier alpha value is -2.37. The van der Waals surface area contributed by atoms with Gasteiger partial charge in [0.15, 0.2) is 6.61 Å². The summed E-state index contributed by atoms with van der Waals surface area (Å²) in [7, 11) is 0. The largest absolute Gasteiger partial charge is 0.485 e. The highest BCUT2D eigenvalue weighted by molar-refractivity contribution is 5.66. The molecule has 0 bridgehead atoms. The highest BCUT2D eigenvalue weighted by Crippen LogP contribution is 2.13. The molecule has 0 saturated carbocycles. The topological polar surface area (TPSA) is 85.5 Å². The molecule has 2 rings (SSSR count). The van der Waals surface area contributed by atoms with E-state index >= 15 is 0 Å². The number of aliphatic carboxylic acids is 1. The molecule has 0 radical (unpaired) electrons. The molecule has 0 fully saturated rings.